The quantitative estimate of drug-likeness (QED) is 0.395. The van der Waals surface area contributed by atoms with Crippen molar-refractivity contribution in [2.75, 3.05) is 17.2 Å². The van der Waals surface area contributed by atoms with Gasteiger partial charge in [-0.25, -0.2) is 8.42 Å². The van der Waals surface area contributed by atoms with Crippen LogP contribution in [0.4, 0.5) is 11.4 Å². The van der Waals surface area contributed by atoms with Crippen molar-refractivity contribution in [2.24, 2.45) is 0 Å². The fourth-order valence-corrected chi connectivity index (χ4v) is 4.75. The number of ether oxygens (including phenoxy) is 1. The van der Waals surface area contributed by atoms with E-state index in [9.17, 15) is 18.0 Å². The zero-order chi connectivity index (χ0) is 25.4. The van der Waals surface area contributed by atoms with Crippen molar-refractivity contribution in [2.45, 2.75) is 38.1 Å². The minimum absolute atomic E-state index is 0.0453. The first-order valence-electron chi connectivity index (χ1n) is 11.2. The molecule has 1 atom stereocenters. The Morgan fingerprint density at radius 1 is 0.914 bits per heavy atom. The van der Waals surface area contributed by atoms with Crippen molar-refractivity contribution in [3.05, 3.63) is 83.9 Å². The maximum atomic E-state index is 13.2. The van der Waals surface area contributed by atoms with Gasteiger partial charge in [-0.15, -0.1) is 0 Å². The van der Waals surface area contributed by atoms with Gasteiger partial charge in [-0.3, -0.25) is 9.59 Å². The molecule has 0 saturated heterocycles. The van der Waals surface area contributed by atoms with Crippen LogP contribution in [-0.2, 0) is 26.0 Å². The third kappa shape index (κ3) is 7.40. The molecule has 0 fully saturated rings. The van der Waals surface area contributed by atoms with E-state index in [4.69, 9.17) is 4.74 Å². The Kier molecular flexibility index (Phi) is 8.62. The molecule has 0 aliphatic heterocycles. The number of nitrogens with one attached hydrogen (secondary N) is 3. The van der Waals surface area contributed by atoms with Crippen LogP contribution in [0, 0.1) is 6.92 Å². The number of benzene rings is 3. The fraction of sp³-hybridized carbons (Fsp3) is 0.231. The summed E-state index contributed by atoms with van der Waals surface area (Å²) in [5.41, 5.74) is 2.54. The SMILES string of the molecule is CCOc1ccc(S(=O)(=O)N[C@@H](Cc2ccccc2)C(=O)Nc2ccc(NC(C)=O)cc2)cc1C. The van der Waals surface area contributed by atoms with Gasteiger partial charge in [0.1, 0.15) is 11.8 Å². The monoisotopic (exact) mass is 495 g/mol. The maximum Gasteiger partial charge on any atom is 0.242 e. The van der Waals surface area contributed by atoms with E-state index < -0.39 is 22.0 Å². The first kappa shape index (κ1) is 25.9. The summed E-state index contributed by atoms with van der Waals surface area (Å²) in [6.45, 7) is 5.49. The summed E-state index contributed by atoms with van der Waals surface area (Å²) in [5.74, 6) is -0.108. The average molecular weight is 496 g/mol. The number of sulfonamides is 1. The minimum atomic E-state index is -4.01. The number of amides is 2. The van der Waals surface area contributed by atoms with Gasteiger partial charge < -0.3 is 15.4 Å². The van der Waals surface area contributed by atoms with Gasteiger partial charge in [0.15, 0.2) is 0 Å². The molecule has 0 spiro atoms. The molecule has 35 heavy (non-hydrogen) atoms. The summed E-state index contributed by atoms with van der Waals surface area (Å²) < 4.78 is 34.4. The molecule has 0 aromatic heterocycles. The topological polar surface area (TPSA) is 114 Å². The Bertz CT molecular complexity index is 1280. The van der Waals surface area contributed by atoms with E-state index in [1.165, 1.54) is 19.1 Å². The molecule has 0 heterocycles. The van der Waals surface area contributed by atoms with Gasteiger partial charge in [-0.05, 0) is 73.9 Å². The predicted octanol–water partition coefficient (Wildman–Crippen LogP) is 3.88. The highest BCUT2D eigenvalue weighted by Gasteiger charge is 2.27. The lowest BCUT2D eigenvalue weighted by molar-refractivity contribution is -0.117. The molecule has 3 aromatic rings. The Balaban J connectivity index is 1.83. The first-order valence-corrected chi connectivity index (χ1v) is 12.6. The molecule has 3 rings (SSSR count). The first-order chi connectivity index (χ1) is 16.7. The van der Waals surface area contributed by atoms with Crippen molar-refractivity contribution >= 4 is 33.2 Å². The Hall–Kier alpha value is -3.69. The van der Waals surface area contributed by atoms with Crippen molar-refractivity contribution < 1.29 is 22.7 Å². The Morgan fingerprint density at radius 2 is 1.54 bits per heavy atom. The number of carbonyl (C=O) groups is 2. The normalized spacial score (nSPS) is 12.0. The zero-order valence-electron chi connectivity index (χ0n) is 19.9. The molecule has 8 nitrogen and oxygen atoms in total. The second-order valence-corrected chi connectivity index (χ2v) is 9.69. The van der Waals surface area contributed by atoms with Crippen molar-refractivity contribution in [1.29, 1.82) is 0 Å². The molecule has 3 aromatic carbocycles. The molecule has 184 valence electrons. The van der Waals surface area contributed by atoms with Crippen molar-refractivity contribution in [3.63, 3.8) is 0 Å². The van der Waals surface area contributed by atoms with Gasteiger partial charge in [0.25, 0.3) is 0 Å². The lowest BCUT2D eigenvalue weighted by Gasteiger charge is -2.19. The highest BCUT2D eigenvalue weighted by molar-refractivity contribution is 7.89. The third-order valence-corrected chi connectivity index (χ3v) is 6.60. The number of rotatable bonds is 10. The van der Waals surface area contributed by atoms with Crippen LogP contribution in [0.2, 0.25) is 0 Å². The van der Waals surface area contributed by atoms with Gasteiger partial charge >= 0.3 is 0 Å². The molecule has 9 heteroatoms. The van der Waals surface area contributed by atoms with E-state index in [2.05, 4.69) is 15.4 Å². The molecule has 0 aliphatic carbocycles. The predicted molar refractivity (Wildman–Crippen MR) is 136 cm³/mol. The Labute approximate surface area is 205 Å². The average Bonchev–Trinajstić information content (AvgIpc) is 2.81. The summed E-state index contributed by atoms with van der Waals surface area (Å²) in [7, 11) is -4.01. The smallest absolute Gasteiger partial charge is 0.242 e. The molecule has 3 N–H and O–H groups in total. The number of hydrogen-bond donors (Lipinski definition) is 3. The van der Waals surface area contributed by atoms with Crippen LogP contribution in [0.5, 0.6) is 5.75 Å². The van der Waals surface area contributed by atoms with Crippen LogP contribution < -0.4 is 20.1 Å². The van der Waals surface area contributed by atoms with Crippen molar-refractivity contribution in [1.82, 2.24) is 4.72 Å². The van der Waals surface area contributed by atoms with Gasteiger partial charge in [0.05, 0.1) is 11.5 Å². The zero-order valence-corrected chi connectivity index (χ0v) is 20.7. The van der Waals surface area contributed by atoms with Crippen LogP contribution in [0.15, 0.2) is 77.7 Å². The molecular formula is C26H29N3O5S. The second-order valence-electron chi connectivity index (χ2n) is 7.97. The lowest BCUT2D eigenvalue weighted by atomic mass is 10.1. The maximum absolute atomic E-state index is 13.2. The van der Waals surface area contributed by atoms with E-state index in [-0.39, 0.29) is 17.2 Å². The van der Waals surface area contributed by atoms with Crippen molar-refractivity contribution in [3.8, 4) is 5.75 Å². The number of aryl methyl sites for hydroxylation is 1. The molecule has 0 aliphatic rings. The van der Waals surface area contributed by atoms with Gasteiger partial charge in [-0.1, -0.05) is 30.3 Å². The van der Waals surface area contributed by atoms with Crippen LogP contribution >= 0.6 is 0 Å². The number of anilines is 2. The van der Waals surface area contributed by atoms with Gasteiger partial charge in [0, 0.05) is 18.3 Å². The van der Waals surface area contributed by atoms with E-state index >= 15 is 0 Å². The summed E-state index contributed by atoms with van der Waals surface area (Å²) in [6, 6.07) is 19.2. The molecule has 0 unspecified atom stereocenters. The standard InChI is InChI=1S/C26H29N3O5S/c1-4-34-25-15-14-23(16-18(25)2)35(32,33)29-24(17-20-8-6-5-7-9-20)26(31)28-22-12-10-21(11-13-22)27-19(3)30/h5-16,24,29H,4,17H2,1-3H3,(H,27,30)(H,28,31)/t24-/m0/s1. The van der Waals surface area contributed by atoms with E-state index in [0.717, 1.165) is 5.56 Å². The number of hydrogen-bond acceptors (Lipinski definition) is 5. The summed E-state index contributed by atoms with van der Waals surface area (Å²) >= 11 is 0. The lowest BCUT2D eigenvalue weighted by Crippen LogP contribution is -2.45. The largest absolute Gasteiger partial charge is 0.494 e. The molecule has 0 saturated carbocycles. The highest BCUT2D eigenvalue weighted by Crippen LogP contribution is 2.22. The van der Waals surface area contributed by atoms with Crippen LogP contribution in [0.3, 0.4) is 0 Å². The third-order valence-electron chi connectivity index (χ3n) is 5.13. The molecular weight excluding hydrogens is 466 g/mol. The summed E-state index contributed by atoms with van der Waals surface area (Å²) in [4.78, 5) is 24.4. The molecule has 2 amide bonds. The van der Waals surface area contributed by atoms with Gasteiger partial charge in [-0.2, -0.15) is 4.72 Å². The summed E-state index contributed by atoms with van der Waals surface area (Å²) in [6.07, 6.45) is 0.159. The molecule has 0 radical (unpaired) electrons. The second kappa shape index (κ2) is 11.6. The van der Waals surface area contributed by atoms with E-state index in [0.29, 0.717) is 29.3 Å². The van der Waals surface area contributed by atoms with E-state index in [1.54, 1.807) is 37.3 Å². The highest BCUT2D eigenvalue weighted by atomic mass is 32.2. The van der Waals surface area contributed by atoms with Crippen LogP contribution in [-0.4, -0.2) is 32.9 Å². The Morgan fingerprint density at radius 3 is 2.11 bits per heavy atom. The fourth-order valence-electron chi connectivity index (χ4n) is 3.47. The van der Waals surface area contributed by atoms with Crippen LogP contribution in [0.25, 0.3) is 0 Å². The van der Waals surface area contributed by atoms with Gasteiger partial charge in [0.2, 0.25) is 21.8 Å². The number of carbonyl (C=O) groups excluding carboxylic acids is 2. The minimum Gasteiger partial charge on any atom is -0.494 e. The van der Waals surface area contributed by atoms with Crippen LogP contribution in [0.1, 0.15) is 25.0 Å². The van der Waals surface area contributed by atoms with E-state index in [1.807, 2.05) is 37.3 Å². The molecule has 0 bridgehead atoms. The summed E-state index contributed by atoms with van der Waals surface area (Å²) in [5, 5.41) is 5.41.